The number of hydrogen-bond donors (Lipinski definition) is 2. The minimum atomic E-state index is -3.06. The van der Waals surface area contributed by atoms with Crippen LogP contribution >= 0.6 is 0 Å². The van der Waals surface area contributed by atoms with Crippen molar-refractivity contribution in [3.63, 3.8) is 0 Å². The Kier molecular flexibility index (Phi) is 5.68. The lowest BCUT2D eigenvalue weighted by molar-refractivity contribution is 0.102. The molecule has 1 aliphatic rings. The zero-order valence-electron chi connectivity index (χ0n) is 17.9. The van der Waals surface area contributed by atoms with Crippen molar-refractivity contribution in [2.24, 2.45) is 0 Å². The summed E-state index contributed by atoms with van der Waals surface area (Å²) in [4.78, 5) is 13.6. The summed E-state index contributed by atoms with van der Waals surface area (Å²) in [5.74, 6) is -0.291. The number of ether oxygens (including phenoxy) is 1. The van der Waals surface area contributed by atoms with Crippen molar-refractivity contribution in [3.05, 3.63) is 70.7 Å². The molecule has 1 fully saturated rings. The second-order valence-corrected chi connectivity index (χ2v) is 10.1. The van der Waals surface area contributed by atoms with Crippen LogP contribution in [0.1, 0.15) is 45.9 Å². The van der Waals surface area contributed by atoms with Crippen molar-refractivity contribution in [3.8, 4) is 11.6 Å². The largest absolute Gasteiger partial charge is 0.437 e. The Bertz CT molecular complexity index is 1320. The Morgan fingerprint density at radius 1 is 1.19 bits per heavy atom. The summed E-state index contributed by atoms with van der Waals surface area (Å²) in [6.45, 7) is 3.49. The molecule has 0 aliphatic heterocycles. The number of aromatic nitrogens is 2. The Balaban J connectivity index is 1.76. The van der Waals surface area contributed by atoms with Gasteiger partial charge < -0.3 is 10.1 Å². The second kappa shape index (κ2) is 8.31. The summed E-state index contributed by atoms with van der Waals surface area (Å²) in [5, 5.41) is 11.2. The van der Waals surface area contributed by atoms with Gasteiger partial charge in [-0.1, -0.05) is 12.1 Å². The monoisotopic (exact) mass is 454 g/mol. The molecule has 2 N–H and O–H groups in total. The van der Waals surface area contributed by atoms with Gasteiger partial charge in [0, 0.05) is 12.2 Å². The number of carbonyl (C=O) groups is 1. The summed E-state index contributed by atoms with van der Waals surface area (Å²) in [6.07, 6.45) is 3.26. The van der Waals surface area contributed by atoms with Crippen LogP contribution in [0, 0.1) is 24.4 Å². The number of amides is 1. The molecule has 0 saturated heterocycles. The van der Waals surface area contributed by atoms with E-state index in [9.17, 15) is 13.4 Å². The topological polar surface area (TPSA) is 105 Å². The molecule has 0 radical (unpaired) electrons. The van der Waals surface area contributed by atoms with E-state index in [0.717, 1.165) is 18.5 Å². The Labute approximate surface area is 186 Å². The van der Waals surface area contributed by atoms with E-state index in [0.29, 0.717) is 16.9 Å². The third-order valence-electron chi connectivity index (χ3n) is 5.31. The van der Waals surface area contributed by atoms with E-state index >= 15 is 0 Å². The number of nitrogens with zero attached hydrogens (tertiary/aromatic N) is 2. The number of benzene rings is 2. The minimum Gasteiger partial charge on any atom is -0.437 e. The summed E-state index contributed by atoms with van der Waals surface area (Å²) in [7, 11) is -3.06. The molecule has 0 spiro atoms. The number of rotatable bonds is 6. The van der Waals surface area contributed by atoms with Gasteiger partial charge in [0.05, 0.1) is 26.0 Å². The van der Waals surface area contributed by atoms with E-state index in [4.69, 9.17) is 9.52 Å². The maximum absolute atomic E-state index is 13.5. The van der Waals surface area contributed by atoms with Crippen molar-refractivity contribution >= 4 is 21.3 Å². The fourth-order valence-electron chi connectivity index (χ4n) is 3.52. The second-order valence-electron chi connectivity index (χ2n) is 7.97. The van der Waals surface area contributed by atoms with Gasteiger partial charge in [-0.2, -0.15) is 5.10 Å². The highest BCUT2D eigenvalue weighted by Gasteiger charge is 2.31. The van der Waals surface area contributed by atoms with Gasteiger partial charge in [-0.15, -0.1) is 5.10 Å². The van der Waals surface area contributed by atoms with Crippen molar-refractivity contribution in [2.75, 3.05) is 11.6 Å². The molecule has 3 aromatic rings. The molecule has 9 heteroatoms. The van der Waals surface area contributed by atoms with Crippen molar-refractivity contribution in [1.29, 1.82) is 4.78 Å². The van der Waals surface area contributed by atoms with Crippen LogP contribution in [0.25, 0.3) is 0 Å². The number of carbonyl (C=O) groups excluding carboxylic acids is 1. The molecule has 1 saturated carbocycles. The quantitative estimate of drug-likeness (QED) is 0.533. The highest BCUT2D eigenvalue weighted by atomic mass is 32.2. The van der Waals surface area contributed by atoms with Gasteiger partial charge in [0.2, 0.25) is 0 Å². The van der Waals surface area contributed by atoms with Gasteiger partial charge in [-0.3, -0.25) is 4.79 Å². The molecule has 4 rings (SSSR count). The highest BCUT2D eigenvalue weighted by Crippen LogP contribution is 2.42. The summed E-state index contributed by atoms with van der Waals surface area (Å²) < 4.78 is 39.7. The summed E-state index contributed by atoms with van der Waals surface area (Å²) in [5.41, 5.74) is 2.43. The first-order valence-electron chi connectivity index (χ1n) is 10.1. The number of aryl methyl sites for hydroxylation is 1. The predicted molar refractivity (Wildman–Crippen MR) is 119 cm³/mol. The van der Waals surface area contributed by atoms with Gasteiger partial charge in [-0.05, 0) is 68.1 Å². The number of halogens is 1. The van der Waals surface area contributed by atoms with Crippen LogP contribution in [0.2, 0.25) is 0 Å². The lowest BCUT2D eigenvalue weighted by Gasteiger charge is -2.16. The number of para-hydroxylation sites is 1. The number of anilines is 1. The van der Waals surface area contributed by atoms with Gasteiger partial charge >= 0.3 is 0 Å². The first-order chi connectivity index (χ1) is 15.1. The predicted octanol–water partition coefficient (Wildman–Crippen LogP) is 5.19. The van der Waals surface area contributed by atoms with Crippen LogP contribution in [0.3, 0.4) is 0 Å². The third kappa shape index (κ3) is 4.47. The highest BCUT2D eigenvalue weighted by molar-refractivity contribution is 7.91. The zero-order valence-corrected chi connectivity index (χ0v) is 18.8. The lowest BCUT2D eigenvalue weighted by Crippen LogP contribution is -2.19. The molecule has 1 atom stereocenters. The van der Waals surface area contributed by atoms with Gasteiger partial charge in [0.25, 0.3) is 11.8 Å². The van der Waals surface area contributed by atoms with E-state index in [1.807, 2.05) is 0 Å². The fraction of sp³-hybridized carbons (Fsp3) is 0.261. The standard InChI is InChI=1S/C23H23FN4O3S/c1-13-12-16(24)10-11-18(13)31-23-20(14(2)21(27-28-23)15-8-9-15)22(29)26-17-6-4-5-7-19(17)32(3,25)30/h4-7,10-12,15,25H,8-9H2,1-3H3,(H,26,29). The molecule has 1 aliphatic carbocycles. The van der Waals surface area contributed by atoms with Crippen LogP contribution in [-0.4, -0.2) is 26.6 Å². The molecule has 1 amide bonds. The Hall–Kier alpha value is -3.33. The van der Waals surface area contributed by atoms with E-state index in [1.165, 1.54) is 24.5 Å². The lowest BCUT2D eigenvalue weighted by atomic mass is 10.1. The van der Waals surface area contributed by atoms with Crippen molar-refractivity contribution in [1.82, 2.24) is 10.2 Å². The molecule has 7 nitrogen and oxygen atoms in total. The molecule has 1 unspecified atom stereocenters. The molecule has 32 heavy (non-hydrogen) atoms. The van der Waals surface area contributed by atoms with Crippen molar-refractivity contribution < 1.29 is 18.1 Å². The van der Waals surface area contributed by atoms with E-state index in [-0.39, 0.29) is 27.9 Å². The molecule has 166 valence electrons. The maximum atomic E-state index is 13.5. The van der Waals surface area contributed by atoms with Gasteiger partial charge in [-0.25, -0.2) is 13.4 Å². The summed E-state index contributed by atoms with van der Waals surface area (Å²) >= 11 is 0. The third-order valence-corrected chi connectivity index (χ3v) is 6.51. The minimum absolute atomic E-state index is 0.000283. The average molecular weight is 455 g/mol. The van der Waals surface area contributed by atoms with Crippen LogP contribution in [0.4, 0.5) is 10.1 Å². The maximum Gasteiger partial charge on any atom is 0.261 e. The van der Waals surface area contributed by atoms with Crippen LogP contribution < -0.4 is 10.1 Å². The molecule has 2 aromatic carbocycles. The van der Waals surface area contributed by atoms with Gasteiger partial charge in [0.1, 0.15) is 17.1 Å². The molecule has 0 bridgehead atoms. The molecule has 1 heterocycles. The van der Waals surface area contributed by atoms with Crippen molar-refractivity contribution in [2.45, 2.75) is 37.5 Å². The van der Waals surface area contributed by atoms with Gasteiger partial charge in [0.15, 0.2) is 0 Å². The fourth-order valence-corrected chi connectivity index (χ4v) is 4.40. The zero-order chi connectivity index (χ0) is 23.0. The van der Waals surface area contributed by atoms with E-state index in [2.05, 4.69) is 15.5 Å². The smallest absolute Gasteiger partial charge is 0.261 e. The molecule has 1 aromatic heterocycles. The molecular formula is C23H23FN4O3S. The SMILES string of the molecule is Cc1cc(F)ccc1Oc1nnc(C2CC2)c(C)c1C(=O)Nc1ccccc1S(C)(=N)=O. The van der Waals surface area contributed by atoms with Crippen LogP contribution in [0.5, 0.6) is 11.6 Å². The summed E-state index contributed by atoms with van der Waals surface area (Å²) in [6, 6.07) is 10.6. The first kappa shape index (κ1) is 21.9. The van der Waals surface area contributed by atoms with E-state index < -0.39 is 21.5 Å². The van der Waals surface area contributed by atoms with Crippen LogP contribution in [-0.2, 0) is 9.73 Å². The Morgan fingerprint density at radius 3 is 2.56 bits per heavy atom. The van der Waals surface area contributed by atoms with Crippen LogP contribution in [0.15, 0.2) is 47.4 Å². The number of hydrogen-bond acceptors (Lipinski definition) is 6. The average Bonchev–Trinajstić information content (AvgIpc) is 3.55. The first-order valence-corrected chi connectivity index (χ1v) is 12.1. The van der Waals surface area contributed by atoms with E-state index in [1.54, 1.807) is 38.1 Å². The normalized spacial score (nSPS) is 15.1. The Morgan fingerprint density at radius 2 is 1.91 bits per heavy atom. The number of nitrogens with one attached hydrogen (secondary N) is 2. The molecular weight excluding hydrogens is 431 g/mol.